The van der Waals surface area contributed by atoms with Crippen LogP contribution in [0, 0.1) is 0 Å². The third kappa shape index (κ3) is 3.23. The van der Waals surface area contributed by atoms with Crippen molar-refractivity contribution in [2.45, 2.75) is 6.54 Å². The molecule has 104 valence electrons. The molecule has 1 aromatic carbocycles. The lowest BCUT2D eigenvalue weighted by Crippen LogP contribution is -2.21. The van der Waals surface area contributed by atoms with Crippen molar-refractivity contribution in [1.29, 1.82) is 0 Å². The molecule has 0 aliphatic carbocycles. The molecule has 20 heavy (non-hydrogen) atoms. The first-order chi connectivity index (χ1) is 9.58. The van der Waals surface area contributed by atoms with Gasteiger partial charge in [-0.3, -0.25) is 4.79 Å². The van der Waals surface area contributed by atoms with E-state index in [-0.39, 0.29) is 5.91 Å². The van der Waals surface area contributed by atoms with Crippen molar-refractivity contribution in [2.75, 3.05) is 25.1 Å². The van der Waals surface area contributed by atoms with E-state index >= 15 is 0 Å². The van der Waals surface area contributed by atoms with Gasteiger partial charge < -0.3 is 16.0 Å². The smallest absolute Gasteiger partial charge is 0.253 e. The van der Waals surface area contributed by atoms with E-state index in [1.165, 1.54) is 4.90 Å². The quantitative estimate of drug-likeness (QED) is 0.820. The third-order valence-electron chi connectivity index (χ3n) is 2.79. The van der Waals surface area contributed by atoms with Gasteiger partial charge in [0.05, 0.1) is 23.6 Å². The number of amides is 1. The molecule has 0 aliphatic rings. The first-order valence-corrected chi connectivity index (χ1v) is 6.19. The number of nitrogens with one attached hydrogen (secondary N) is 1. The summed E-state index contributed by atoms with van der Waals surface area (Å²) < 4.78 is 0. The molecule has 6 heteroatoms. The van der Waals surface area contributed by atoms with Crippen molar-refractivity contribution in [1.82, 2.24) is 15.1 Å². The highest BCUT2D eigenvalue weighted by Gasteiger charge is 2.10. The summed E-state index contributed by atoms with van der Waals surface area (Å²) in [5.74, 6) is -0.0625. The number of aromatic nitrogens is 2. The van der Waals surface area contributed by atoms with E-state index in [1.807, 2.05) is 12.1 Å². The standard InChI is InChI=1S/C14H17N5O/c1-19(2)14(20)10-5-6-12(15)13(8-10)16-9-11-4-3-7-17-18-11/h3-8,16H,9,15H2,1-2H3. The molecule has 0 aliphatic heterocycles. The normalized spacial score (nSPS) is 10.1. The second-order valence-electron chi connectivity index (χ2n) is 4.57. The predicted octanol–water partition coefficient (Wildman–Crippen LogP) is 1.37. The van der Waals surface area contributed by atoms with Crippen LogP contribution < -0.4 is 11.1 Å². The number of hydrogen-bond donors (Lipinski definition) is 2. The highest BCUT2D eigenvalue weighted by atomic mass is 16.2. The molecule has 0 radical (unpaired) electrons. The van der Waals surface area contributed by atoms with E-state index in [0.29, 0.717) is 23.5 Å². The Kier molecular flexibility index (Phi) is 4.14. The highest BCUT2D eigenvalue weighted by Crippen LogP contribution is 2.21. The number of carbonyl (C=O) groups is 1. The zero-order valence-electron chi connectivity index (χ0n) is 11.5. The molecule has 0 atom stereocenters. The number of benzene rings is 1. The summed E-state index contributed by atoms with van der Waals surface area (Å²) in [6, 6.07) is 8.86. The molecule has 1 heterocycles. The fourth-order valence-corrected chi connectivity index (χ4v) is 1.71. The van der Waals surface area contributed by atoms with E-state index in [9.17, 15) is 4.79 Å². The van der Waals surface area contributed by atoms with Crippen molar-refractivity contribution in [3.05, 3.63) is 47.8 Å². The first kappa shape index (κ1) is 13.8. The molecule has 1 aromatic heterocycles. The van der Waals surface area contributed by atoms with Crippen molar-refractivity contribution in [3.63, 3.8) is 0 Å². The lowest BCUT2D eigenvalue weighted by Gasteiger charge is -2.13. The molecule has 2 rings (SSSR count). The molecule has 0 saturated carbocycles. The predicted molar refractivity (Wildman–Crippen MR) is 78.2 cm³/mol. The van der Waals surface area contributed by atoms with Crippen LogP contribution in [0.5, 0.6) is 0 Å². The Morgan fingerprint density at radius 2 is 2.15 bits per heavy atom. The number of nitrogens with two attached hydrogens (primary N) is 1. The minimum absolute atomic E-state index is 0.0625. The largest absolute Gasteiger partial charge is 0.397 e. The molecule has 6 nitrogen and oxygen atoms in total. The minimum Gasteiger partial charge on any atom is -0.397 e. The van der Waals surface area contributed by atoms with Gasteiger partial charge in [-0.05, 0) is 30.3 Å². The third-order valence-corrected chi connectivity index (χ3v) is 2.79. The lowest BCUT2D eigenvalue weighted by atomic mass is 10.1. The summed E-state index contributed by atoms with van der Waals surface area (Å²) in [5.41, 5.74) is 8.60. The number of hydrogen-bond acceptors (Lipinski definition) is 5. The van der Waals surface area contributed by atoms with Crippen LogP contribution in [0.4, 0.5) is 11.4 Å². The Bertz CT molecular complexity index is 598. The van der Waals surface area contributed by atoms with Gasteiger partial charge in [0, 0.05) is 25.9 Å². The summed E-state index contributed by atoms with van der Waals surface area (Å²) in [6.07, 6.45) is 1.62. The Hall–Kier alpha value is -2.63. The SMILES string of the molecule is CN(C)C(=O)c1ccc(N)c(NCc2cccnn2)c1. The maximum Gasteiger partial charge on any atom is 0.253 e. The van der Waals surface area contributed by atoms with E-state index in [1.54, 1.807) is 38.5 Å². The van der Waals surface area contributed by atoms with Crippen LogP contribution in [-0.4, -0.2) is 35.1 Å². The van der Waals surface area contributed by atoms with Gasteiger partial charge in [0.2, 0.25) is 0 Å². The Morgan fingerprint density at radius 1 is 1.35 bits per heavy atom. The average Bonchev–Trinajstić information content (AvgIpc) is 2.46. The van der Waals surface area contributed by atoms with Crippen LogP contribution >= 0.6 is 0 Å². The van der Waals surface area contributed by atoms with Gasteiger partial charge in [-0.25, -0.2) is 0 Å². The maximum atomic E-state index is 11.9. The van der Waals surface area contributed by atoms with Gasteiger partial charge in [0.1, 0.15) is 0 Å². The fraction of sp³-hybridized carbons (Fsp3) is 0.214. The second kappa shape index (κ2) is 6.01. The Morgan fingerprint density at radius 3 is 2.80 bits per heavy atom. The minimum atomic E-state index is -0.0625. The first-order valence-electron chi connectivity index (χ1n) is 6.19. The van der Waals surface area contributed by atoms with E-state index in [4.69, 9.17) is 5.73 Å². The molecule has 0 spiro atoms. The van der Waals surface area contributed by atoms with Crippen molar-refractivity contribution < 1.29 is 4.79 Å². The highest BCUT2D eigenvalue weighted by molar-refractivity contribution is 5.95. The van der Waals surface area contributed by atoms with E-state index in [0.717, 1.165) is 5.69 Å². The number of nitrogen functional groups attached to an aromatic ring is 1. The monoisotopic (exact) mass is 271 g/mol. The summed E-state index contributed by atoms with van der Waals surface area (Å²) in [6.45, 7) is 0.498. The van der Waals surface area contributed by atoms with Gasteiger partial charge in [-0.15, -0.1) is 0 Å². The topological polar surface area (TPSA) is 84.1 Å². The molecule has 3 N–H and O–H groups in total. The molecule has 0 saturated heterocycles. The molecule has 0 unspecified atom stereocenters. The van der Waals surface area contributed by atoms with E-state index < -0.39 is 0 Å². The van der Waals surface area contributed by atoms with Crippen molar-refractivity contribution in [3.8, 4) is 0 Å². The fourth-order valence-electron chi connectivity index (χ4n) is 1.71. The van der Waals surface area contributed by atoms with Gasteiger partial charge in [-0.1, -0.05) is 0 Å². The molecule has 1 amide bonds. The second-order valence-corrected chi connectivity index (χ2v) is 4.57. The lowest BCUT2D eigenvalue weighted by molar-refractivity contribution is 0.0827. The van der Waals surface area contributed by atoms with Crippen molar-refractivity contribution in [2.24, 2.45) is 0 Å². The zero-order valence-corrected chi connectivity index (χ0v) is 11.5. The summed E-state index contributed by atoms with van der Waals surface area (Å²) in [7, 11) is 3.43. The number of anilines is 2. The van der Waals surface area contributed by atoms with Crippen LogP contribution in [0.25, 0.3) is 0 Å². The van der Waals surface area contributed by atoms with Gasteiger partial charge in [0.15, 0.2) is 0 Å². The summed E-state index contributed by atoms with van der Waals surface area (Å²) in [4.78, 5) is 13.4. The van der Waals surface area contributed by atoms with Gasteiger partial charge in [-0.2, -0.15) is 10.2 Å². The van der Waals surface area contributed by atoms with Gasteiger partial charge in [0.25, 0.3) is 5.91 Å². The van der Waals surface area contributed by atoms with Crippen LogP contribution in [0.3, 0.4) is 0 Å². The number of rotatable bonds is 4. The summed E-state index contributed by atoms with van der Waals surface area (Å²) >= 11 is 0. The number of carbonyl (C=O) groups excluding carboxylic acids is 1. The maximum absolute atomic E-state index is 11.9. The van der Waals surface area contributed by atoms with Crippen LogP contribution in [-0.2, 0) is 6.54 Å². The van der Waals surface area contributed by atoms with Crippen LogP contribution in [0.15, 0.2) is 36.5 Å². The van der Waals surface area contributed by atoms with Crippen molar-refractivity contribution >= 4 is 17.3 Å². The van der Waals surface area contributed by atoms with E-state index in [2.05, 4.69) is 15.5 Å². The van der Waals surface area contributed by atoms with Crippen LogP contribution in [0.2, 0.25) is 0 Å². The molecule has 0 bridgehead atoms. The summed E-state index contributed by atoms with van der Waals surface area (Å²) in [5, 5.41) is 11.0. The van der Waals surface area contributed by atoms with Crippen LogP contribution in [0.1, 0.15) is 16.1 Å². The number of nitrogens with zero attached hydrogens (tertiary/aromatic N) is 3. The van der Waals surface area contributed by atoms with Gasteiger partial charge >= 0.3 is 0 Å². The average molecular weight is 271 g/mol. The zero-order chi connectivity index (χ0) is 14.5. The molecule has 0 fully saturated rings. The molecule has 2 aromatic rings. The molecular weight excluding hydrogens is 254 g/mol. The Balaban J connectivity index is 2.15. The molecular formula is C14H17N5O. The Labute approximate surface area is 117 Å².